The first kappa shape index (κ1) is 23.4. The van der Waals surface area contributed by atoms with Crippen molar-refractivity contribution < 1.29 is 17.2 Å². The van der Waals surface area contributed by atoms with Crippen molar-refractivity contribution in [2.45, 2.75) is 26.5 Å². The van der Waals surface area contributed by atoms with E-state index in [1.165, 1.54) is 0 Å². The highest BCUT2D eigenvalue weighted by atomic mass is 32.2. The minimum absolute atomic E-state index is 0.0221. The van der Waals surface area contributed by atoms with Gasteiger partial charge in [0.1, 0.15) is 17.5 Å². The molecule has 0 aliphatic heterocycles. The Morgan fingerprint density at radius 3 is 2.09 bits per heavy atom. The van der Waals surface area contributed by atoms with Crippen molar-refractivity contribution in [2.24, 2.45) is 0 Å². The molecule has 0 aliphatic carbocycles. The molecule has 0 radical (unpaired) electrons. The zero-order chi connectivity index (χ0) is 23.3. The van der Waals surface area contributed by atoms with Gasteiger partial charge in [0.2, 0.25) is 16.0 Å². The van der Waals surface area contributed by atoms with E-state index in [4.69, 9.17) is 0 Å². The fraction of sp³-hybridized carbons (Fsp3) is 0.273. The molecule has 0 bridgehead atoms. The van der Waals surface area contributed by atoms with Gasteiger partial charge >= 0.3 is 0 Å². The van der Waals surface area contributed by atoms with Gasteiger partial charge in [0.25, 0.3) is 0 Å². The maximum absolute atomic E-state index is 13.3. The summed E-state index contributed by atoms with van der Waals surface area (Å²) in [6.45, 7) is 7.65. The molecule has 0 saturated heterocycles. The van der Waals surface area contributed by atoms with Gasteiger partial charge in [-0.15, -0.1) is 0 Å². The van der Waals surface area contributed by atoms with Crippen LogP contribution in [0.5, 0.6) is 0 Å². The Hall–Kier alpha value is -3.27. The molecule has 1 heterocycles. The van der Waals surface area contributed by atoms with Crippen LogP contribution in [-0.4, -0.2) is 31.5 Å². The number of rotatable bonds is 9. The Balaban J connectivity index is 1.70. The van der Waals surface area contributed by atoms with Crippen molar-refractivity contribution in [3.8, 4) is 0 Å². The highest BCUT2D eigenvalue weighted by Gasteiger charge is 2.14. The van der Waals surface area contributed by atoms with E-state index >= 15 is 0 Å². The van der Waals surface area contributed by atoms with Crippen LogP contribution in [0.15, 0.2) is 48.5 Å². The standard InChI is InChI=1S/C22H25F2N5O2S/c1-4-29(5-2)21-10-15(3)25-22(27-21)26-19-6-8-20(9-7-19)28-32(30,31)14-16-11-17(23)13-18(24)12-16/h6-13,28H,4-5,14H2,1-3H3,(H,25,26,27). The van der Waals surface area contributed by atoms with Gasteiger partial charge in [0.15, 0.2) is 0 Å². The topological polar surface area (TPSA) is 87.2 Å². The minimum Gasteiger partial charge on any atom is -0.357 e. The van der Waals surface area contributed by atoms with Gasteiger partial charge in [-0.25, -0.2) is 22.2 Å². The quantitative estimate of drug-likeness (QED) is 0.485. The molecule has 0 spiro atoms. The molecular weight excluding hydrogens is 436 g/mol. The van der Waals surface area contributed by atoms with E-state index in [-0.39, 0.29) is 5.56 Å². The second-order valence-corrected chi connectivity index (χ2v) is 8.93. The summed E-state index contributed by atoms with van der Waals surface area (Å²) >= 11 is 0. The number of sulfonamides is 1. The van der Waals surface area contributed by atoms with Crippen LogP contribution in [0.4, 0.5) is 31.9 Å². The van der Waals surface area contributed by atoms with E-state index < -0.39 is 27.4 Å². The lowest BCUT2D eigenvalue weighted by Crippen LogP contribution is -2.23. The Bertz CT molecular complexity index is 1160. The first-order chi connectivity index (χ1) is 15.2. The summed E-state index contributed by atoms with van der Waals surface area (Å²) in [6, 6.07) is 11.1. The number of hydrogen-bond acceptors (Lipinski definition) is 6. The molecule has 3 aromatic rings. The Morgan fingerprint density at radius 1 is 0.906 bits per heavy atom. The van der Waals surface area contributed by atoms with Crippen molar-refractivity contribution >= 4 is 33.2 Å². The van der Waals surface area contributed by atoms with E-state index in [0.717, 1.165) is 36.7 Å². The van der Waals surface area contributed by atoms with Crippen molar-refractivity contribution in [3.05, 3.63) is 71.4 Å². The number of halogens is 2. The normalized spacial score (nSPS) is 11.3. The van der Waals surface area contributed by atoms with Crippen molar-refractivity contribution in [3.63, 3.8) is 0 Å². The summed E-state index contributed by atoms with van der Waals surface area (Å²) in [6.07, 6.45) is 0. The van der Waals surface area contributed by atoms with Crippen LogP contribution >= 0.6 is 0 Å². The molecule has 1 aromatic heterocycles. The SMILES string of the molecule is CCN(CC)c1cc(C)nc(Nc2ccc(NS(=O)(=O)Cc3cc(F)cc(F)c3)cc2)n1. The fourth-order valence-corrected chi connectivity index (χ4v) is 4.37. The fourth-order valence-electron chi connectivity index (χ4n) is 3.20. The number of aromatic nitrogens is 2. The van der Waals surface area contributed by atoms with Gasteiger partial charge in [-0.3, -0.25) is 4.72 Å². The predicted octanol–water partition coefficient (Wildman–Crippen LogP) is 4.59. The molecular formula is C22H25F2N5O2S. The third kappa shape index (κ3) is 6.36. The zero-order valence-corrected chi connectivity index (χ0v) is 18.9. The number of nitrogens with one attached hydrogen (secondary N) is 2. The molecule has 170 valence electrons. The summed E-state index contributed by atoms with van der Waals surface area (Å²) < 4.78 is 53.8. The van der Waals surface area contributed by atoms with Gasteiger partial charge in [-0.1, -0.05) is 0 Å². The van der Waals surface area contributed by atoms with Crippen LogP contribution in [0.3, 0.4) is 0 Å². The molecule has 3 rings (SSSR count). The second-order valence-electron chi connectivity index (χ2n) is 7.20. The molecule has 0 saturated carbocycles. The second kappa shape index (κ2) is 9.90. The summed E-state index contributed by atoms with van der Waals surface area (Å²) in [7, 11) is -3.85. The van der Waals surface area contributed by atoms with Crippen LogP contribution in [0, 0.1) is 18.6 Å². The number of hydrogen-bond donors (Lipinski definition) is 2. The number of nitrogens with zero attached hydrogens (tertiary/aromatic N) is 3. The average Bonchev–Trinajstić information content (AvgIpc) is 2.68. The van der Waals surface area contributed by atoms with E-state index in [2.05, 4.69) is 38.8 Å². The minimum atomic E-state index is -3.85. The summed E-state index contributed by atoms with van der Waals surface area (Å²) in [5.74, 6) is -0.940. The van der Waals surface area contributed by atoms with E-state index in [1.54, 1.807) is 24.3 Å². The molecule has 10 heteroatoms. The molecule has 32 heavy (non-hydrogen) atoms. The van der Waals surface area contributed by atoms with E-state index in [0.29, 0.717) is 23.4 Å². The summed E-state index contributed by atoms with van der Waals surface area (Å²) in [5.41, 5.74) is 1.84. The number of aryl methyl sites for hydroxylation is 1. The molecule has 7 nitrogen and oxygen atoms in total. The lowest BCUT2D eigenvalue weighted by Gasteiger charge is -2.20. The molecule has 2 aromatic carbocycles. The lowest BCUT2D eigenvalue weighted by molar-refractivity contribution is 0.579. The van der Waals surface area contributed by atoms with E-state index in [1.807, 2.05) is 13.0 Å². The van der Waals surface area contributed by atoms with Crippen LogP contribution in [0.25, 0.3) is 0 Å². The monoisotopic (exact) mass is 461 g/mol. The van der Waals surface area contributed by atoms with Crippen LogP contribution in [0.2, 0.25) is 0 Å². The number of benzene rings is 2. The largest absolute Gasteiger partial charge is 0.357 e. The maximum atomic E-state index is 13.3. The Labute approximate surface area is 186 Å². The van der Waals surface area contributed by atoms with Crippen LogP contribution in [0.1, 0.15) is 25.1 Å². The maximum Gasteiger partial charge on any atom is 0.236 e. The Kier molecular flexibility index (Phi) is 7.24. The average molecular weight is 462 g/mol. The third-order valence-corrected chi connectivity index (χ3v) is 5.88. The Morgan fingerprint density at radius 2 is 1.50 bits per heavy atom. The molecule has 0 aliphatic rings. The van der Waals surface area contributed by atoms with Crippen LogP contribution in [-0.2, 0) is 15.8 Å². The van der Waals surface area contributed by atoms with Crippen molar-refractivity contribution in [1.82, 2.24) is 9.97 Å². The molecule has 0 atom stereocenters. The summed E-state index contributed by atoms with van der Waals surface area (Å²) in [4.78, 5) is 11.1. The first-order valence-corrected chi connectivity index (χ1v) is 11.8. The number of anilines is 4. The molecule has 2 N–H and O–H groups in total. The molecule has 0 amide bonds. The highest BCUT2D eigenvalue weighted by Crippen LogP contribution is 2.21. The van der Waals surface area contributed by atoms with Gasteiger partial charge in [0.05, 0.1) is 5.75 Å². The zero-order valence-electron chi connectivity index (χ0n) is 18.1. The van der Waals surface area contributed by atoms with E-state index in [9.17, 15) is 17.2 Å². The first-order valence-electron chi connectivity index (χ1n) is 10.1. The van der Waals surface area contributed by atoms with Gasteiger partial charge in [-0.2, -0.15) is 4.98 Å². The predicted molar refractivity (Wildman–Crippen MR) is 123 cm³/mol. The smallest absolute Gasteiger partial charge is 0.236 e. The highest BCUT2D eigenvalue weighted by molar-refractivity contribution is 7.91. The molecule has 0 unspecified atom stereocenters. The van der Waals surface area contributed by atoms with Gasteiger partial charge in [-0.05, 0) is 62.7 Å². The van der Waals surface area contributed by atoms with Gasteiger partial charge < -0.3 is 10.2 Å². The van der Waals surface area contributed by atoms with Crippen molar-refractivity contribution in [1.29, 1.82) is 0 Å². The molecule has 0 fully saturated rings. The third-order valence-electron chi connectivity index (χ3n) is 4.62. The summed E-state index contributed by atoms with van der Waals surface area (Å²) in [5, 5.41) is 3.12. The van der Waals surface area contributed by atoms with Gasteiger partial charge in [0, 0.05) is 42.3 Å². The van der Waals surface area contributed by atoms with Crippen LogP contribution < -0.4 is 14.9 Å². The lowest BCUT2D eigenvalue weighted by atomic mass is 10.2. The van der Waals surface area contributed by atoms with Crippen molar-refractivity contribution in [2.75, 3.05) is 28.0 Å².